The summed E-state index contributed by atoms with van der Waals surface area (Å²) in [6, 6.07) is -0.433. The highest BCUT2D eigenvalue weighted by Crippen LogP contribution is 2.22. The largest absolute Gasteiger partial charge is 0.453 e. The van der Waals surface area contributed by atoms with Gasteiger partial charge in [0.25, 0.3) is 0 Å². The number of likely N-dealkylation sites (tertiary alicyclic amines) is 2. The number of rotatable bonds is 1. The topological polar surface area (TPSA) is 49.9 Å². The molecule has 6 heteroatoms. The van der Waals surface area contributed by atoms with Crippen molar-refractivity contribution in [3.8, 4) is 0 Å². The van der Waals surface area contributed by atoms with Gasteiger partial charge in [0.15, 0.2) is 0 Å². The Hall–Kier alpha value is -1.33. The number of ether oxygens (including phenoxy) is 1. The van der Waals surface area contributed by atoms with Crippen LogP contribution in [0, 0.1) is 0 Å². The Balaban J connectivity index is 2.01. The molecular weight excluding hydrogens is 251 g/mol. The predicted molar refractivity (Wildman–Crippen MR) is 67.5 cm³/mol. The maximum Gasteiger partial charge on any atom is 0.410 e. The summed E-state index contributed by atoms with van der Waals surface area (Å²) in [4.78, 5) is 27.3. The van der Waals surface area contributed by atoms with Crippen LogP contribution in [-0.2, 0) is 9.53 Å². The van der Waals surface area contributed by atoms with Gasteiger partial charge in [-0.2, -0.15) is 0 Å². The van der Waals surface area contributed by atoms with Crippen molar-refractivity contribution < 1.29 is 18.7 Å². The molecule has 0 radical (unpaired) electrons. The first-order chi connectivity index (χ1) is 9.13. The Labute approximate surface area is 112 Å². The zero-order chi connectivity index (χ0) is 13.8. The number of hydrogen-bond acceptors (Lipinski definition) is 3. The third-order valence-corrected chi connectivity index (χ3v) is 3.93. The fourth-order valence-corrected chi connectivity index (χ4v) is 2.80. The second-order valence-electron chi connectivity index (χ2n) is 5.17. The van der Waals surface area contributed by atoms with Crippen LogP contribution < -0.4 is 0 Å². The van der Waals surface area contributed by atoms with Gasteiger partial charge >= 0.3 is 6.09 Å². The maximum absolute atomic E-state index is 13.1. The fraction of sp³-hybridized carbons (Fsp3) is 0.846. The number of amides is 2. The number of piperidine rings is 2. The van der Waals surface area contributed by atoms with Gasteiger partial charge in [0.05, 0.1) is 7.11 Å². The zero-order valence-electron chi connectivity index (χ0n) is 11.3. The van der Waals surface area contributed by atoms with Gasteiger partial charge in [-0.25, -0.2) is 9.18 Å². The van der Waals surface area contributed by atoms with E-state index in [0.29, 0.717) is 38.9 Å². The minimum absolute atomic E-state index is 0.0583. The Morgan fingerprint density at radius 1 is 1.11 bits per heavy atom. The maximum atomic E-state index is 13.1. The molecule has 0 saturated carbocycles. The third kappa shape index (κ3) is 3.16. The molecule has 0 aromatic heterocycles. The van der Waals surface area contributed by atoms with Crippen molar-refractivity contribution in [3.05, 3.63) is 0 Å². The lowest BCUT2D eigenvalue weighted by Gasteiger charge is -2.38. The van der Waals surface area contributed by atoms with Gasteiger partial charge in [0, 0.05) is 19.6 Å². The van der Waals surface area contributed by atoms with Gasteiger partial charge in [-0.3, -0.25) is 9.69 Å². The first-order valence-corrected chi connectivity index (χ1v) is 6.91. The summed E-state index contributed by atoms with van der Waals surface area (Å²) in [6.45, 7) is 1.46. The second kappa shape index (κ2) is 6.21. The standard InChI is InChI=1S/C13H21FN2O3/c1-19-13(18)16-7-3-2-4-11(16)12(17)15-8-5-10(14)6-9-15/h10-11H,2-9H2,1H3. The molecule has 0 bridgehead atoms. The quantitative estimate of drug-likeness (QED) is 0.728. The minimum Gasteiger partial charge on any atom is -0.453 e. The number of hydrogen-bond donors (Lipinski definition) is 0. The normalized spacial score (nSPS) is 25.3. The number of alkyl halides is 1. The van der Waals surface area contributed by atoms with E-state index >= 15 is 0 Å². The van der Waals surface area contributed by atoms with Gasteiger partial charge in [0.1, 0.15) is 12.2 Å². The van der Waals surface area contributed by atoms with E-state index in [-0.39, 0.29) is 5.91 Å². The van der Waals surface area contributed by atoms with Crippen molar-refractivity contribution in [1.29, 1.82) is 0 Å². The van der Waals surface area contributed by atoms with E-state index < -0.39 is 18.3 Å². The van der Waals surface area contributed by atoms with Gasteiger partial charge < -0.3 is 9.64 Å². The Kier molecular flexibility index (Phi) is 4.61. The summed E-state index contributed by atoms with van der Waals surface area (Å²) >= 11 is 0. The second-order valence-corrected chi connectivity index (χ2v) is 5.17. The molecule has 19 heavy (non-hydrogen) atoms. The highest BCUT2D eigenvalue weighted by atomic mass is 19.1. The van der Waals surface area contributed by atoms with Crippen LogP contribution in [0.5, 0.6) is 0 Å². The van der Waals surface area contributed by atoms with Crippen LogP contribution in [0.3, 0.4) is 0 Å². The van der Waals surface area contributed by atoms with E-state index in [1.54, 1.807) is 4.90 Å². The monoisotopic (exact) mass is 272 g/mol. The molecule has 0 aromatic carbocycles. The van der Waals surface area contributed by atoms with Crippen LogP contribution >= 0.6 is 0 Å². The summed E-state index contributed by atoms with van der Waals surface area (Å²) in [7, 11) is 1.33. The number of nitrogens with zero attached hydrogens (tertiary/aromatic N) is 2. The first-order valence-electron chi connectivity index (χ1n) is 6.91. The smallest absolute Gasteiger partial charge is 0.410 e. The van der Waals surface area contributed by atoms with Crippen LogP contribution in [0.15, 0.2) is 0 Å². The molecule has 2 amide bonds. The number of carbonyl (C=O) groups is 2. The van der Waals surface area contributed by atoms with Crippen molar-refractivity contribution in [2.24, 2.45) is 0 Å². The molecule has 2 aliphatic heterocycles. The molecule has 108 valence electrons. The van der Waals surface area contributed by atoms with Crippen molar-refractivity contribution >= 4 is 12.0 Å². The Bertz CT molecular complexity index is 343. The zero-order valence-corrected chi connectivity index (χ0v) is 11.3. The van der Waals surface area contributed by atoms with Crippen LogP contribution in [0.2, 0.25) is 0 Å². The predicted octanol–water partition coefficient (Wildman–Crippen LogP) is 1.57. The molecule has 2 saturated heterocycles. The molecule has 1 atom stereocenters. The lowest BCUT2D eigenvalue weighted by atomic mass is 10.00. The van der Waals surface area contributed by atoms with Gasteiger partial charge in [0.2, 0.25) is 5.91 Å². The van der Waals surface area contributed by atoms with Crippen molar-refractivity contribution in [2.75, 3.05) is 26.7 Å². The molecule has 1 unspecified atom stereocenters. The Morgan fingerprint density at radius 2 is 1.79 bits per heavy atom. The summed E-state index contributed by atoms with van der Waals surface area (Å²) in [5.41, 5.74) is 0. The SMILES string of the molecule is COC(=O)N1CCCCC1C(=O)N1CCC(F)CC1. The Morgan fingerprint density at radius 3 is 2.42 bits per heavy atom. The van der Waals surface area contributed by atoms with E-state index in [1.165, 1.54) is 12.0 Å². The average molecular weight is 272 g/mol. The molecule has 2 heterocycles. The van der Waals surface area contributed by atoms with Crippen LogP contribution in [0.25, 0.3) is 0 Å². The number of carbonyl (C=O) groups excluding carboxylic acids is 2. The highest BCUT2D eigenvalue weighted by Gasteiger charge is 2.36. The third-order valence-electron chi connectivity index (χ3n) is 3.93. The van der Waals surface area contributed by atoms with Gasteiger partial charge in [-0.1, -0.05) is 0 Å². The molecule has 0 aliphatic carbocycles. The van der Waals surface area contributed by atoms with E-state index in [1.807, 2.05) is 0 Å². The number of halogens is 1. The first kappa shape index (κ1) is 14.1. The molecule has 0 aromatic rings. The van der Waals surface area contributed by atoms with Crippen LogP contribution in [0.1, 0.15) is 32.1 Å². The van der Waals surface area contributed by atoms with E-state index in [9.17, 15) is 14.0 Å². The molecule has 2 aliphatic rings. The van der Waals surface area contributed by atoms with E-state index in [2.05, 4.69) is 0 Å². The molecule has 5 nitrogen and oxygen atoms in total. The highest BCUT2D eigenvalue weighted by molar-refractivity contribution is 5.86. The molecular formula is C13H21FN2O3. The lowest BCUT2D eigenvalue weighted by Crippen LogP contribution is -2.54. The van der Waals surface area contributed by atoms with Crippen molar-refractivity contribution in [3.63, 3.8) is 0 Å². The molecule has 0 N–H and O–H groups in total. The summed E-state index contributed by atoms with van der Waals surface area (Å²) < 4.78 is 17.8. The minimum atomic E-state index is -0.799. The summed E-state index contributed by atoms with van der Waals surface area (Å²) in [5.74, 6) is -0.0583. The van der Waals surface area contributed by atoms with Crippen molar-refractivity contribution in [2.45, 2.75) is 44.3 Å². The van der Waals surface area contributed by atoms with Gasteiger partial charge in [-0.05, 0) is 32.1 Å². The molecule has 0 spiro atoms. The van der Waals surface area contributed by atoms with E-state index in [4.69, 9.17) is 4.74 Å². The van der Waals surface area contributed by atoms with Crippen LogP contribution in [0.4, 0.5) is 9.18 Å². The average Bonchev–Trinajstić information content (AvgIpc) is 2.46. The lowest BCUT2D eigenvalue weighted by molar-refractivity contribution is -0.139. The molecule has 2 rings (SSSR count). The summed E-state index contributed by atoms with van der Waals surface area (Å²) in [5, 5.41) is 0. The fourth-order valence-electron chi connectivity index (χ4n) is 2.80. The summed E-state index contributed by atoms with van der Waals surface area (Å²) in [6.07, 6.45) is 2.05. The van der Waals surface area contributed by atoms with Crippen molar-refractivity contribution in [1.82, 2.24) is 9.80 Å². The van der Waals surface area contributed by atoms with E-state index in [0.717, 1.165) is 12.8 Å². The van der Waals surface area contributed by atoms with Gasteiger partial charge in [-0.15, -0.1) is 0 Å². The molecule has 2 fully saturated rings. The number of methoxy groups -OCH3 is 1. The van der Waals surface area contributed by atoms with Crippen LogP contribution in [-0.4, -0.2) is 60.8 Å².